The molecule has 0 atom stereocenters. The van der Waals surface area contributed by atoms with Crippen LogP contribution in [0.15, 0.2) is 23.0 Å². The van der Waals surface area contributed by atoms with E-state index >= 15 is 0 Å². The number of aryl methyl sites for hydroxylation is 1. The molecular formula is C12H10F3NO. The maximum atomic E-state index is 12.7. The summed E-state index contributed by atoms with van der Waals surface area (Å²) in [5, 5.41) is 0.288. The van der Waals surface area contributed by atoms with Crippen LogP contribution in [0.4, 0.5) is 13.2 Å². The molecule has 0 aliphatic carbocycles. The molecule has 5 heteroatoms. The van der Waals surface area contributed by atoms with Gasteiger partial charge in [-0.05, 0) is 25.5 Å². The van der Waals surface area contributed by atoms with Crippen LogP contribution in [0.1, 0.15) is 16.8 Å². The van der Waals surface area contributed by atoms with E-state index < -0.39 is 17.3 Å². The van der Waals surface area contributed by atoms with E-state index in [0.717, 1.165) is 0 Å². The molecule has 0 unspecified atom stereocenters. The third-order valence-electron chi connectivity index (χ3n) is 2.77. The van der Waals surface area contributed by atoms with Crippen LogP contribution >= 0.6 is 0 Å². The number of rotatable bonds is 0. The Hall–Kier alpha value is -1.78. The summed E-state index contributed by atoms with van der Waals surface area (Å²) in [6.45, 7) is 2.84. The standard InChI is InChI=1S/C12H10F3NO/c1-6-4-3-5-8-9(6)16-11(12(13,14)15)7(2)10(8)17/h3-5H,1-2H3,(H,16,17). The molecule has 0 amide bonds. The third kappa shape index (κ3) is 1.81. The highest BCUT2D eigenvalue weighted by molar-refractivity contribution is 5.82. The zero-order chi connectivity index (χ0) is 12.8. The number of fused-ring (bicyclic) bond motifs is 1. The van der Waals surface area contributed by atoms with E-state index in [1.54, 1.807) is 19.1 Å². The number of pyridine rings is 1. The van der Waals surface area contributed by atoms with Crippen LogP contribution in [0.2, 0.25) is 0 Å². The second kappa shape index (κ2) is 3.61. The summed E-state index contributed by atoms with van der Waals surface area (Å²) in [6.07, 6.45) is -4.54. The molecule has 2 rings (SSSR count). The number of para-hydroxylation sites is 1. The lowest BCUT2D eigenvalue weighted by atomic mass is 10.1. The Labute approximate surface area is 95.1 Å². The molecule has 0 saturated heterocycles. The van der Waals surface area contributed by atoms with Crippen LogP contribution in [0.5, 0.6) is 0 Å². The van der Waals surface area contributed by atoms with Crippen molar-refractivity contribution in [3.05, 3.63) is 45.2 Å². The van der Waals surface area contributed by atoms with Gasteiger partial charge in [0.25, 0.3) is 0 Å². The monoisotopic (exact) mass is 241 g/mol. The highest BCUT2D eigenvalue weighted by atomic mass is 19.4. The number of benzene rings is 1. The van der Waals surface area contributed by atoms with E-state index in [1.165, 1.54) is 13.0 Å². The first-order chi connectivity index (χ1) is 7.82. The number of H-pyrrole nitrogens is 1. The van der Waals surface area contributed by atoms with E-state index in [1.807, 2.05) is 0 Å². The van der Waals surface area contributed by atoms with Crippen molar-refractivity contribution >= 4 is 10.9 Å². The minimum atomic E-state index is -4.54. The van der Waals surface area contributed by atoms with E-state index in [4.69, 9.17) is 0 Å². The summed E-state index contributed by atoms with van der Waals surface area (Å²) in [5.74, 6) is 0. The molecule has 1 N–H and O–H groups in total. The first kappa shape index (κ1) is 11.7. The van der Waals surface area contributed by atoms with Crippen molar-refractivity contribution in [2.75, 3.05) is 0 Å². The predicted molar refractivity (Wildman–Crippen MR) is 59.0 cm³/mol. The lowest BCUT2D eigenvalue weighted by Crippen LogP contribution is -2.19. The fourth-order valence-corrected chi connectivity index (χ4v) is 1.84. The Morgan fingerprint density at radius 2 is 1.82 bits per heavy atom. The molecule has 0 aliphatic rings. The number of aromatic nitrogens is 1. The van der Waals surface area contributed by atoms with Gasteiger partial charge in [-0.1, -0.05) is 12.1 Å². The zero-order valence-corrected chi connectivity index (χ0v) is 9.27. The summed E-state index contributed by atoms with van der Waals surface area (Å²) in [5.41, 5.74) is -0.977. The molecule has 2 aromatic rings. The van der Waals surface area contributed by atoms with E-state index in [2.05, 4.69) is 4.98 Å². The summed E-state index contributed by atoms with van der Waals surface area (Å²) in [4.78, 5) is 14.1. The molecule has 1 aromatic carbocycles. The van der Waals surface area contributed by atoms with E-state index in [9.17, 15) is 18.0 Å². The Morgan fingerprint density at radius 1 is 1.18 bits per heavy atom. The van der Waals surface area contributed by atoms with Gasteiger partial charge in [-0.15, -0.1) is 0 Å². The summed E-state index contributed by atoms with van der Waals surface area (Å²) in [6, 6.07) is 4.84. The molecule has 0 aliphatic heterocycles. The fraction of sp³-hybridized carbons (Fsp3) is 0.250. The van der Waals surface area contributed by atoms with Gasteiger partial charge in [0.15, 0.2) is 5.43 Å². The molecule has 17 heavy (non-hydrogen) atoms. The number of halogens is 3. The van der Waals surface area contributed by atoms with Crippen molar-refractivity contribution in [1.29, 1.82) is 0 Å². The number of aromatic amines is 1. The van der Waals surface area contributed by atoms with Gasteiger partial charge >= 0.3 is 6.18 Å². The molecule has 0 fully saturated rings. The van der Waals surface area contributed by atoms with Crippen LogP contribution in [0, 0.1) is 13.8 Å². The fourth-order valence-electron chi connectivity index (χ4n) is 1.84. The maximum absolute atomic E-state index is 12.7. The van der Waals surface area contributed by atoms with Crippen LogP contribution in [-0.4, -0.2) is 4.98 Å². The van der Waals surface area contributed by atoms with Gasteiger partial charge in [-0.2, -0.15) is 13.2 Å². The van der Waals surface area contributed by atoms with Gasteiger partial charge in [0.05, 0.1) is 5.52 Å². The summed E-state index contributed by atoms with van der Waals surface area (Å²) in [7, 11) is 0. The van der Waals surface area contributed by atoms with Gasteiger partial charge in [-0.3, -0.25) is 4.79 Å². The zero-order valence-electron chi connectivity index (χ0n) is 9.27. The molecule has 0 spiro atoms. The van der Waals surface area contributed by atoms with E-state index in [-0.39, 0.29) is 16.5 Å². The van der Waals surface area contributed by atoms with Gasteiger partial charge in [0.2, 0.25) is 0 Å². The van der Waals surface area contributed by atoms with E-state index in [0.29, 0.717) is 5.56 Å². The largest absolute Gasteiger partial charge is 0.431 e. The molecular weight excluding hydrogens is 231 g/mol. The molecule has 1 aromatic heterocycles. The normalized spacial score (nSPS) is 12.1. The van der Waals surface area contributed by atoms with Crippen molar-refractivity contribution < 1.29 is 13.2 Å². The van der Waals surface area contributed by atoms with Crippen LogP contribution in [0.3, 0.4) is 0 Å². The van der Waals surface area contributed by atoms with Crippen molar-refractivity contribution in [3.63, 3.8) is 0 Å². The SMILES string of the molecule is Cc1c(C(F)(F)F)[nH]c2c(C)cccc2c1=O. The van der Waals surface area contributed by atoms with Gasteiger partial charge in [0.1, 0.15) is 5.69 Å². The molecule has 0 radical (unpaired) electrons. The van der Waals surface area contributed by atoms with Gasteiger partial charge < -0.3 is 4.98 Å². The third-order valence-corrected chi connectivity index (χ3v) is 2.77. The smallest absolute Gasteiger partial charge is 0.350 e. The minimum absolute atomic E-state index is 0.246. The number of hydrogen-bond donors (Lipinski definition) is 1. The lowest BCUT2D eigenvalue weighted by molar-refractivity contribution is -0.141. The van der Waals surface area contributed by atoms with Crippen molar-refractivity contribution in [2.24, 2.45) is 0 Å². The van der Waals surface area contributed by atoms with Gasteiger partial charge in [0, 0.05) is 10.9 Å². The maximum Gasteiger partial charge on any atom is 0.431 e. The van der Waals surface area contributed by atoms with Crippen LogP contribution in [0.25, 0.3) is 10.9 Å². The van der Waals surface area contributed by atoms with Gasteiger partial charge in [-0.25, -0.2) is 0 Å². The minimum Gasteiger partial charge on any atom is -0.350 e. The topological polar surface area (TPSA) is 32.9 Å². The quantitative estimate of drug-likeness (QED) is 0.755. The Bertz CT molecular complexity index is 640. The average molecular weight is 241 g/mol. The Morgan fingerprint density at radius 3 is 2.41 bits per heavy atom. The molecule has 0 bridgehead atoms. The molecule has 0 saturated carbocycles. The number of alkyl halides is 3. The molecule has 90 valence electrons. The second-order valence-electron chi connectivity index (χ2n) is 3.95. The first-order valence-corrected chi connectivity index (χ1v) is 5.02. The highest BCUT2D eigenvalue weighted by Gasteiger charge is 2.34. The van der Waals surface area contributed by atoms with Crippen LogP contribution in [-0.2, 0) is 6.18 Å². The molecule has 1 heterocycles. The average Bonchev–Trinajstić information content (AvgIpc) is 2.22. The second-order valence-corrected chi connectivity index (χ2v) is 3.95. The molecule has 2 nitrogen and oxygen atoms in total. The summed E-state index contributed by atoms with van der Waals surface area (Å²) < 4.78 is 38.2. The summed E-state index contributed by atoms with van der Waals surface area (Å²) >= 11 is 0. The lowest BCUT2D eigenvalue weighted by Gasteiger charge is -2.12. The van der Waals surface area contributed by atoms with Crippen LogP contribution < -0.4 is 5.43 Å². The van der Waals surface area contributed by atoms with Crippen molar-refractivity contribution in [3.8, 4) is 0 Å². The highest BCUT2D eigenvalue weighted by Crippen LogP contribution is 2.30. The predicted octanol–water partition coefficient (Wildman–Crippen LogP) is 3.16. The number of hydrogen-bond acceptors (Lipinski definition) is 1. The first-order valence-electron chi connectivity index (χ1n) is 5.02. The Balaban J connectivity index is 2.96. The van der Waals surface area contributed by atoms with Crippen molar-refractivity contribution in [2.45, 2.75) is 20.0 Å². The number of nitrogens with one attached hydrogen (secondary N) is 1. The Kier molecular flexibility index (Phi) is 2.49. The van der Waals surface area contributed by atoms with Crippen molar-refractivity contribution in [1.82, 2.24) is 4.98 Å².